The summed E-state index contributed by atoms with van der Waals surface area (Å²) in [6, 6.07) is 103. The van der Waals surface area contributed by atoms with E-state index in [9.17, 15) is 0 Å². The molecule has 6 aliphatic carbocycles. The van der Waals surface area contributed by atoms with Crippen molar-refractivity contribution in [2.75, 3.05) is 0 Å². The average molecular weight is 1750 g/mol. The first kappa shape index (κ1) is 102. The van der Waals surface area contributed by atoms with E-state index in [1.807, 2.05) is 208 Å². The van der Waals surface area contributed by atoms with Crippen molar-refractivity contribution in [2.45, 2.75) is 265 Å². The first-order valence-electron chi connectivity index (χ1n) is 51.8. The predicted octanol–water partition coefficient (Wildman–Crippen LogP) is 38.9. The number of benzene rings is 15. The second-order valence-corrected chi connectivity index (χ2v) is 30.3. The second-order valence-electron chi connectivity index (χ2n) is 30.3. The van der Waals surface area contributed by atoms with Crippen LogP contribution >= 0.6 is 0 Å². The van der Waals surface area contributed by atoms with Crippen LogP contribution < -0.4 is 0 Å². The van der Waals surface area contributed by atoms with Gasteiger partial charge in [0, 0.05) is 63.6 Å². The zero-order chi connectivity index (χ0) is 95.9. The molecule has 9 aliphatic rings. The Morgan fingerprint density at radius 3 is 0.795 bits per heavy atom. The summed E-state index contributed by atoms with van der Waals surface area (Å²) in [5.74, 6) is 0. The Hall–Kier alpha value is -12.3. The van der Waals surface area contributed by atoms with E-state index in [0.29, 0.717) is 0 Å². The summed E-state index contributed by atoms with van der Waals surface area (Å²) in [7, 11) is 0. The Morgan fingerprint density at radius 2 is 0.402 bits per heavy atom. The van der Waals surface area contributed by atoms with Gasteiger partial charge in [-0.15, -0.1) is 0 Å². The summed E-state index contributed by atoms with van der Waals surface area (Å²) in [4.78, 5) is 0. The van der Waals surface area contributed by atoms with Gasteiger partial charge >= 0.3 is 0 Å². The lowest BCUT2D eigenvalue weighted by Gasteiger charge is -2.24. The molecule has 0 N–H and O–H groups in total. The fourth-order valence-corrected chi connectivity index (χ4v) is 21.2. The first-order chi connectivity index (χ1) is 65.6. The summed E-state index contributed by atoms with van der Waals surface area (Å²) in [6.07, 6.45) is 9.25. The molecule has 15 aromatic carbocycles. The minimum absolute atomic E-state index is 1.01. The predicted molar refractivity (Wildman–Crippen MR) is 590 cm³/mol. The Bertz CT molecular complexity index is 6960. The maximum atomic E-state index is 2.62. The summed E-state index contributed by atoms with van der Waals surface area (Å²) in [5, 5.41) is 8.30. The first-order valence-corrected chi connectivity index (χ1v) is 51.8. The fourth-order valence-electron chi connectivity index (χ4n) is 21.2. The van der Waals surface area contributed by atoms with Crippen LogP contribution in [0.1, 0.15) is 308 Å². The van der Waals surface area contributed by atoms with Gasteiger partial charge in [-0.3, -0.25) is 0 Å². The maximum Gasteiger partial charge on any atom is 0.0622 e. The monoisotopic (exact) mass is 1740 g/mol. The highest BCUT2D eigenvalue weighted by atomic mass is 15.0. The molecule has 0 bridgehead atoms. The van der Waals surface area contributed by atoms with Crippen LogP contribution in [-0.2, 0) is 57.8 Å². The maximum absolute atomic E-state index is 2.62. The number of fused-ring (bicyclic) bond motifs is 38. The fraction of sp³-hybridized carbons (Fsp3) is 0.302. The molecular weight excluding hydrogens is 1590 g/mol. The zero-order valence-electron chi connectivity index (χ0n) is 86.2. The molecule has 6 heterocycles. The van der Waals surface area contributed by atoms with Crippen molar-refractivity contribution in [1.29, 1.82) is 0 Å². The number of hydrogen-bond donors (Lipinski definition) is 0. The molecule has 3 heteroatoms. The number of nitrogens with zero attached hydrogens (tertiary/aromatic N) is 3. The molecule has 0 saturated heterocycles. The molecule has 0 saturated carbocycles. The van der Waals surface area contributed by atoms with Gasteiger partial charge in [-0.25, -0.2) is 0 Å². The quantitative estimate of drug-likeness (QED) is 0.144. The lowest BCUT2D eigenvalue weighted by atomic mass is 9.91. The highest BCUT2D eigenvalue weighted by Crippen LogP contribution is 2.55. The summed E-state index contributed by atoms with van der Waals surface area (Å²) in [5.41, 5.74) is 56.1. The number of hydrogen-bond acceptors (Lipinski definition) is 0. The Morgan fingerprint density at radius 1 is 0.144 bits per heavy atom. The minimum atomic E-state index is 1.01. The van der Waals surface area contributed by atoms with Crippen molar-refractivity contribution in [1.82, 2.24) is 13.7 Å². The van der Waals surface area contributed by atoms with Crippen LogP contribution in [0, 0.1) is 0 Å². The molecule has 0 atom stereocenters. The van der Waals surface area contributed by atoms with E-state index in [4.69, 9.17) is 0 Å². The molecule has 18 aromatic rings. The standard InChI is InChI=1S/3C33H21N.15C2H6/c1-4-10-24-19(6-1)14-22-17-32-30(18-27(22)24)26-11-5-8-21-16-29-28-15-20-7-2-3-9-23(20)25(28)12-13-31(29)34(32)33(21)26;1-3-9-23-20(7-1)17-28-25(23)14-15-30-29(28)18-22-8-5-11-26-27-13-12-21-16-19-6-2-4-10-24(19)31(21)33(27)34(30)32(22)26;1-3-9-22-19(6-1)16-28-24(22)14-15-31-29(28)18-21-8-5-11-26-27-13-12-25-23-10-4-2-7-20(23)17-30(25)33(27)34(31)32(21)26;15*1-2/h1-13,17-18H,14-16H2;2*1-15H,16-18H2;15*1-2H3. The summed E-state index contributed by atoms with van der Waals surface area (Å²) >= 11 is 0. The van der Waals surface area contributed by atoms with E-state index in [1.54, 1.807) is 0 Å². The molecule has 132 heavy (non-hydrogen) atoms. The van der Waals surface area contributed by atoms with E-state index < -0.39 is 0 Å². The zero-order valence-corrected chi connectivity index (χ0v) is 86.2. The normalized spacial score (nSPS) is 11.6. The lowest BCUT2D eigenvalue weighted by Crippen LogP contribution is -2.11. The second kappa shape index (κ2) is 47.7. The molecule has 3 aromatic heterocycles. The van der Waals surface area contributed by atoms with Crippen molar-refractivity contribution in [3.63, 3.8) is 0 Å². The van der Waals surface area contributed by atoms with Crippen LogP contribution in [0.25, 0.3) is 149 Å². The van der Waals surface area contributed by atoms with Gasteiger partial charge in [0.2, 0.25) is 0 Å². The third-order valence-electron chi connectivity index (χ3n) is 25.5. The van der Waals surface area contributed by atoms with Crippen molar-refractivity contribution < 1.29 is 0 Å². The van der Waals surface area contributed by atoms with E-state index in [0.717, 1.165) is 57.8 Å². The van der Waals surface area contributed by atoms with Crippen molar-refractivity contribution in [3.8, 4) is 83.8 Å². The smallest absolute Gasteiger partial charge is 0.0622 e. The van der Waals surface area contributed by atoms with Crippen LogP contribution in [0.5, 0.6) is 0 Å². The van der Waals surface area contributed by atoms with Crippen molar-refractivity contribution in [2.24, 2.45) is 0 Å². The van der Waals surface area contributed by atoms with E-state index in [-0.39, 0.29) is 0 Å². The summed E-state index contributed by atoms with van der Waals surface area (Å²) < 4.78 is 7.81. The van der Waals surface area contributed by atoms with Gasteiger partial charge < -0.3 is 13.7 Å². The molecule has 0 radical (unpaired) electrons. The average Bonchev–Trinajstić information content (AvgIpc) is 1.54. The molecular formula is C129H153N3. The van der Waals surface area contributed by atoms with Gasteiger partial charge in [-0.05, 0) is 224 Å². The number of rotatable bonds is 0. The van der Waals surface area contributed by atoms with Gasteiger partial charge in [0.15, 0.2) is 0 Å². The van der Waals surface area contributed by atoms with E-state index in [1.165, 1.54) is 249 Å². The number of para-hydroxylation sites is 3. The van der Waals surface area contributed by atoms with Crippen LogP contribution in [0.2, 0.25) is 0 Å². The molecule has 0 fully saturated rings. The highest BCUT2D eigenvalue weighted by Gasteiger charge is 2.36. The molecule has 684 valence electrons. The molecule has 27 rings (SSSR count). The van der Waals surface area contributed by atoms with E-state index in [2.05, 4.69) is 287 Å². The third kappa shape index (κ3) is 17.3. The third-order valence-corrected chi connectivity index (χ3v) is 25.5. The van der Waals surface area contributed by atoms with Gasteiger partial charge in [0.05, 0.1) is 50.2 Å². The van der Waals surface area contributed by atoms with Gasteiger partial charge in [0.25, 0.3) is 0 Å². The molecule has 3 aliphatic heterocycles. The topological polar surface area (TPSA) is 14.8 Å². The van der Waals surface area contributed by atoms with Crippen molar-refractivity contribution in [3.05, 3.63) is 373 Å². The molecule has 3 nitrogen and oxygen atoms in total. The minimum Gasteiger partial charge on any atom is -0.309 e. The van der Waals surface area contributed by atoms with Crippen LogP contribution in [-0.4, -0.2) is 13.7 Å². The van der Waals surface area contributed by atoms with Gasteiger partial charge in [-0.1, -0.05) is 450 Å². The van der Waals surface area contributed by atoms with Gasteiger partial charge in [0.1, 0.15) is 0 Å². The SMILES string of the molecule is CC.CC.CC.CC.CC.CC.CC.CC.CC.CC.CC.CC.CC.CC.CC.c1ccc2c(c1)Cc1c-2ccc2c1Cc1cccc3c4ccc5c(c4n-2c13)-c1ccccc1C5.c1ccc2c(c1)Cc1c-2ccc2c1Cc1cccc3c4ccc5c(c4n-2c13)Cc1ccccc1-5.c1ccc2c(c1)Cc1cc3c(cc1-2)c1cccc2c1n3-c1ccc3c(c1C2)Cc1ccccc1-3. The number of aromatic nitrogens is 3. The van der Waals surface area contributed by atoms with Crippen LogP contribution in [0.3, 0.4) is 0 Å². The Labute approximate surface area is 796 Å². The summed E-state index contributed by atoms with van der Waals surface area (Å²) in [6.45, 7) is 60.0. The van der Waals surface area contributed by atoms with Crippen LogP contribution in [0.4, 0.5) is 0 Å². The largest absolute Gasteiger partial charge is 0.309 e. The molecule has 0 spiro atoms. The Kier molecular flexibility index (Phi) is 36.8. The van der Waals surface area contributed by atoms with Crippen molar-refractivity contribution >= 4 is 65.4 Å². The van der Waals surface area contributed by atoms with Gasteiger partial charge in [-0.2, -0.15) is 0 Å². The lowest BCUT2D eigenvalue weighted by molar-refractivity contribution is 1.01. The van der Waals surface area contributed by atoms with E-state index >= 15 is 0 Å². The highest BCUT2D eigenvalue weighted by molar-refractivity contribution is 6.18. The Balaban J connectivity index is 0.000000180. The molecule has 0 amide bonds. The molecule has 0 unspecified atom stereocenters. The van der Waals surface area contributed by atoms with Crippen LogP contribution in [0.15, 0.2) is 273 Å².